The third-order valence-electron chi connectivity index (χ3n) is 2.44. The zero-order valence-electron chi connectivity index (χ0n) is 5.55. The van der Waals surface area contributed by atoms with Crippen molar-refractivity contribution in [3.05, 3.63) is 0 Å². The van der Waals surface area contributed by atoms with Gasteiger partial charge in [-0.25, -0.2) is 0 Å². The Morgan fingerprint density at radius 2 is 2.44 bits per heavy atom. The molecule has 0 aromatic carbocycles. The zero-order chi connectivity index (χ0) is 6.43. The molecule has 1 heterocycles. The van der Waals surface area contributed by atoms with E-state index in [4.69, 9.17) is 0 Å². The van der Waals surface area contributed by atoms with Crippen LogP contribution in [0.4, 0.5) is 0 Å². The molecule has 0 amide bonds. The number of hydrogen-bond donors (Lipinski definition) is 1. The highest BCUT2D eigenvalue weighted by Crippen LogP contribution is 2.45. The number of rotatable bonds is 1. The minimum atomic E-state index is 0.218. The van der Waals surface area contributed by atoms with Gasteiger partial charge in [-0.15, -0.1) is 0 Å². The summed E-state index contributed by atoms with van der Waals surface area (Å²) >= 11 is 0. The van der Waals surface area contributed by atoms with Gasteiger partial charge in [0.05, 0.1) is 6.04 Å². The van der Waals surface area contributed by atoms with E-state index in [-0.39, 0.29) is 6.04 Å². The average molecular weight is 125 g/mol. The second kappa shape index (κ2) is 1.57. The van der Waals surface area contributed by atoms with Crippen LogP contribution in [0.15, 0.2) is 0 Å². The highest BCUT2D eigenvalue weighted by atomic mass is 16.1. The Labute approximate surface area is 54.6 Å². The Balaban J connectivity index is 2.06. The standard InChI is InChI=1S/C7H11NO/c1-4(9)7-6-2-5(6)3-8-7/h5-8H,2-3H2,1H3. The van der Waals surface area contributed by atoms with Crippen LogP contribution < -0.4 is 5.32 Å². The fourth-order valence-electron chi connectivity index (χ4n) is 1.79. The van der Waals surface area contributed by atoms with E-state index in [9.17, 15) is 4.79 Å². The average Bonchev–Trinajstić information content (AvgIpc) is 2.43. The van der Waals surface area contributed by atoms with Crippen molar-refractivity contribution in [2.45, 2.75) is 19.4 Å². The van der Waals surface area contributed by atoms with E-state index in [1.165, 1.54) is 6.42 Å². The minimum Gasteiger partial charge on any atom is -0.307 e. The Bertz CT molecular complexity index is 155. The van der Waals surface area contributed by atoms with Crippen LogP contribution in [0.1, 0.15) is 13.3 Å². The van der Waals surface area contributed by atoms with Gasteiger partial charge in [0.2, 0.25) is 0 Å². The quantitative estimate of drug-likeness (QED) is 0.541. The van der Waals surface area contributed by atoms with Crippen LogP contribution in [0.25, 0.3) is 0 Å². The predicted octanol–water partition coefficient (Wildman–Crippen LogP) is 0.183. The molecule has 0 bridgehead atoms. The van der Waals surface area contributed by atoms with Gasteiger partial charge in [-0.2, -0.15) is 0 Å². The summed E-state index contributed by atoms with van der Waals surface area (Å²) in [7, 11) is 0. The molecule has 1 N–H and O–H groups in total. The first-order chi connectivity index (χ1) is 4.29. The van der Waals surface area contributed by atoms with E-state index in [0.717, 1.165) is 12.5 Å². The molecule has 50 valence electrons. The summed E-state index contributed by atoms with van der Waals surface area (Å²) in [5, 5.41) is 3.21. The van der Waals surface area contributed by atoms with Crippen LogP contribution in [-0.4, -0.2) is 18.4 Å². The highest BCUT2D eigenvalue weighted by Gasteiger charge is 2.49. The van der Waals surface area contributed by atoms with Gasteiger partial charge >= 0.3 is 0 Å². The summed E-state index contributed by atoms with van der Waals surface area (Å²) in [4.78, 5) is 10.8. The maximum Gasteiger partial charge on any atom is 0.146 e. The van der Waals surface area contributed by atoms with Crippen LogP contribution in [0, 0.1) is 11.8 Å². The van der Waals surface area contributed by atoms with Crippen LogP contribution in [-0.2, 0) is 4.79 Å². The number of nitrogens with one attached hydrogen (secondary N) is 1. The summed E-state index contributed by atoms with van der Waals surface area (Å²) in [6, 6.07) is 0.218. The van der Waals surface area contributed by atoms with Gasteiger partial charge in [-0.1, -0.05) is 0 Å². The van der Waals surface area contributed by atoms with Gasteiger partial charge in [0, 0.05) is 0 Å². The summed E-state index contributed by atoms with van der Waals surface area (Å²) in [5.74, 6) is 1.88. The van der Waals surface area contributed by atoms with E-state index in [1.807, 2.05) is 0 Å². The largest absolute Gasteiger partial charge is 0.307 e. The van der Waals surface area contributed by atoms with Crippen LogP contribution in [0.2, 0.25) is 0 Å². The maximum atomic E-state index is 10.8. The lowest BCUT2D eigenvalue weighted by Crippen LogP contribution is -2.32. The molecule has 1 saturated carbocycles. The van der Waals surface area contributed by atoms with Gasteiger partial charge in [0.15, 0.2) is 0 Å². The third kappa shape index (κ3) is 0.697. The van der Waals surface area contributed by atoms with Crippen LogP contribution in [0.5, 0.6) is 0 Å². The number of fused-ring (bicyclic) bond motifs is 1. The first-order valence-electron chi connectivity index (χ1n) is 3.53. The Kier molecular flexibility index (Phi) is 0.943. The molecule has 2 aliphatic rings. The van der Waals surface area contributed by atoms with E-state index < -0.39 is 0 Å². The molecule has 1 saturated heterocycles. The molecule has 0 radical (unpaired) electrons. The van der Waals surface area contributed by atoms with Gasteiger partial charge in [-0.3, -0.25) is 4.79 Å². The molecule has 2 heteroatoms. The van der Waals surface area contributed by atoms with Crippen molar-refractivity contribution >= 4 is 5.78 Å². The number of carbonyl (C=O) groups excluding carboxylic acids is 1. The van der Waals surface area contributed by atoms with Crippen molar-refractivity contribution < 1.29 is 4.79 Å². The van der Waals surface area contributed by atoms with Crippen LogP contribution >= 0.6 is 0 Å². The first-order valence-corrected chi connectivity index (χ1v) is 3.53. The summed E-state index contributed by atoms with van der Waals surface area (Å²) in [6.07, 6.45) is 1.29. The van der Waals surface area contributed by atoms with E-state index in [0.29, 0.717) is 11.7 Å². The fraction of sp³-hybridized carbons (Fsp3) is 0.857. The molecule has 2 nitrogen and oxygen atoms in total. The first kappa shape index (κ1) is 5.42. The number of ketones is 1. The molecule has 3 unspecified atom stereocenters. The van der Waals surface area contributed by atoms with Crippen molar-refractivity contribution in [2.75, 3.05) is 6.54 Å². The molecule has 0 spiro atoms. The molecule has 2 rings (SSSR count). The molecule has 0 aromatic rings. The van der Waals surface area contributed by atoms with Crippen molar-refractivity contribution in [3.63, 3.8) is 0 Å². The molecular weight excluding hydrogens is 114 g/mol. The molecule has 1 aliphatic heterocycles. The minimum absolute atomic E-state index is 0.218. The number of Topliss-reactive ketones (excluding diaryl/α,β-unsaturated/α-hetero) is 1. The third-order valence-corrected chi connectivity index (χ3v) is 2.44. The zero-order valence-corrected chi connectivity index (χ0v) is 5.55. The normalized spacial score (nSPS) is 46.6. The SMILES string of the molecule is CC(=O)C1NCC2CC21. The number of hydrogen-bond acceptors (Lipinski definition) is 2. The summed E-state index contributed by atoms with van der Waals surface area (Å²) in [5.41, 5.74) is 0. The maximum absolute atomic E-state index is 10.8. The molecule has 2 fully saturated rings. The monoisotopic (exact) mass is 125 g/mol. The Hall–Kier alpha value is -0.370. The van der Waals surface area contributed by atoms with Gasteiger partial charge in [0.25, 0.3) is 0 Å². The van der Waals surface area contributed by atoms with E-state index in [1.54, 1.807) is 6.92 Å². The van der Waals surface area contributed by atoms with Crippen LogP contribution in [0.3, 0.4) is 0 Å². The lowest BCUT2D eigenvalue weighted by atomic mass is 10.1. The number of carbonyl (C=O) groups is 1. The van der Waals surface area contributed by atoms with E-state index in [2.05, 4.69) is 5.32 Å². The molecular formula is C7H11NO. The van der Waals surface area contributed by atoms with Crippen molar-refractivity contribution in [3.8, 4) is 0 Å². The second-order valence-electron chi connectivity index (χ2n) is 3.16. The molecule has 1 aliphatic carbocycles. The Morgan fingerprint density at radius 1 is 1.67 bits per heavy atom. The van der Waals surface area contributed by atoms with E-state index >= 15 is 0 Å². The highest BCUT2D eigenvalue weighted by molar-refractivity contribution is 5.82. The smallest absolute Gasteiger partial charge is 0.146 e. The lowest BCUT2D eigenvalue weighted by molar-refractivity contribution is -0.119. The van der Waals surface area contributed by atoms with Gasteiger partial charge in [0.1, 0.15) is 5.78 Å². The predicted molar refractivity (Wildman–Crippen MR) is 34.1 cm³/mol. The summed E-state index contributed by atoms with van der Waals surface area (Å²) < 4.78 is 0. The van der Waals surface area contributed by atoms with Gasteiger partial charge < -0.3 is 5.32 Å². The molecule has 0 aromatic heterocycles. The fourth-order valence-corrected chi connectivity index (χ4v) is 1.79. The van der Waals surface area contributed by atoms with Crippen molar-refractivity contribution in [2.24, 2.45) is 11.8 Å². The second-order valence-corrected chi connectivity index (χ2v) is 3.16. The summed E-state index contributed by atoms with van der Waals surface area (Å²) in [6.45, 7) is 2.76. The Morgan fingerprint density at radius 3 is 2.67 bits per heavy atom. The van der Waals surface area contributed by atoms with Crippen molar-refractivity contribution in [1.82, 2.24) is 5.32 Å². The number of piperidine rings is 1. The topological polar surface area (TPSA) is 29.1 Å². The van der Waals surface area contributed by atoms with Gasteiger partial charge in [-0.05, 0) is 31.7 Å². The molecule has 9 heavy (non-hydrogen) atoms. The van der Waals surface area contributed by atoms with Crippen molar-refractivity contribution in [1.29, 1.82) is 0 Å². The molecule has 3 atom stereocenters. The lowest BCUT2D eigenvalue weighted by Gasteiger charge is -2.06.